The van der Waals surface area contributed by atoms with Crippen LogP contribution in [-0.4, -0.2) is 33.5 Å². The Hall–Kier alpha value is -3.51. The van der Waals surface area contributed by atoms with Gasteiger partial charge in [-0.1, -0.05) is 65.9 Å². The summed E-state index contributed by atoms with van der Waals surface area (Å²) in [6, 6.07) is 28.5. The Morgan fingerprint density at radius 2 is 1.57 bits per heavy atom. The topological polar surface area (TPSA) is 55.5 Å². The Bertz CT molecular complexity index is 1160. The molecule has 6 nitrogen and oxygen atoms in total. The van der Waals surface area contributed by atoms with Crippen molar-refractivity contribution in [1.82, 2.24) is 15.0 Å². The molecule has 0 bridgehead atoms. The summed E-state index contributed by atoms with van der Waals surface area (Å²) in [7, 11) is 0. The van der Waals surface area contributed by atoms with Crippen molar-refractivity contribution in [3.8, 4) is 0 Å². The fourth-order valence-corrected chi connectivity index (χ4v) is 3.99. The molecule has 0 aliphatic carbocycles. The molecule has 4 aromatic rings. The maximum absolute atomic E-state index is 6.24. The third-order valence-electron chi connectivity index (χ3n) is 5.37. The molecule has 0 spiro atoms. The first-order chi connectivity index (χ1) is 14.8. The molecule has 0 radical (unpaired) electrons. The highest BCUT2D eigenvalue weighted by Crippen LogP contribution is 2.33. The quantitative estimate of drug-likeness (QED) is 0.486. The van der Waals surface area contributed by atoms with Gasteiger partial charge in [0, 0.05) is 6.61 Å². The van der Waals surface area contributed by atoms with Gasteiger partial charge in [0.15, 0.2) is 6.23 Å². The van der Waals surface area contributed by atoms with Crippen molar-refractivity contribution in [3.63, 3.8) is 0 Å². The van der Waals surface area contributed by atoms with Crippen molar-refractivity contribution in [3.05, 3.63) is 90.5 Å². The van der Waals surface area contributed by atoms with Gasteiger partial charge in [0.2, 0.25) is 0 Å². The number of hydrazone groups is 1. The third-order valence-corrected chi connectivity index (χ3v) is 5.37. The molecule has 2 heterocycles. The maximum Gasteiger partial charge on any atom is 0.161 e. The smallest absolute Gasteiger partial charge is 0.161 e. The molecule has 0 saturated heterocycles. The average molecular weight is 397 g/mol. The maximum atomic E-state index is 6.24. The van der Waals surface area contributed by atoms with Gasteiger partial charge in [0.25, 0.3) is 0 Å². The minimum Gasteiger partial charge on any atom is -0.356 e. The molecule has 0 N–H and O–H groups in total. The standard InChI is InChI=1S/C24H23N5O/c1-2-30-24-20(17-28-22-16-10-9-15-21(22)25-27-28)23(18-11-5-3-6-12-18)26-29(24)19-13-7-4-8-14-19/h3-16,20,24H,2,17H2,1H3. The molecule has 1 aliphatic heterocycles. The molecule has 6 heteroatoms. The number of anilines is 1. The molecule has 0 amide bonds. The van der Waals surface area contributed by atoms with Gasteiger partial charge < -0.3 is 4.74 Å². The van der Waals surface area contributed by atoms with Gasteiger partial charge in [-0.15, -0.1) is 5.10 Å². The van der Waals surface area contributed by atoms with Crippen LogP contribution < -0.4 is 5.01 Å². The summed E-state index contributed by atoms with van der Waals surface area (Å²) < 4.78 is 8.20. The molecule has 3 aromatic carbocycles. The summed E-state index contributed by atoms with van der Waals surface area (Å²) in [4.78, 5) is 0. The lowest BCUT2D eigenvalue weighted by Gasteiger charge is -2.27. The molecular formula is C24H23N5O. The van der Waals surface area contributed by atoms with Gasteiger partial charge in [0.05, 0.1) is 29.4 Å². The summed E-state index contributed by atoms with van der Waals surface area (Å²) in [6.07, 6.45) is -0.226. The number of aromatic nitrogens is 3. The molecule has 0 fully saturated rings. The zero-order chi connectivity index (χ0) is 20.3. The van der Waals surface area contributed by atoms with Crippen LogP contribution in [0.15, 0.2) is 90.0 Å². The Balaban J connectivity index is 1.59. The zero-order valence-electron chi connectivity index (χ0n) is 16.8. The lowest BCUT2D eigenvalue weighted by molar-refractivity contribution is 0.0396. The van der Waals surface area contributed by atoms with Crippen molar-refractivity contribution >= 4 is 22.4 Å². The highest BCUT2D eigenvalue weighted by atomic mass is 16.5. The number of para-hydroxylation sites is 2. The number of ether oxygens (including phenoxy) is 1. The van der Waals surface area contributed by atoms with Crippen LogP contribution in [0.2, 0.25) is 0 Å². The minimum absolute atomic E-state index is 0.00216. The number of hydrogen-bond donors (Lipinski definition) is 0. The van der Waals surface area contributed by atoms with Crippen molar-refractivity contribution in [2.24, 2.45) is 11.0 Å². The van der Waals surface area contributed by atoms with E-state index in [1.807, 2.05) is 77.3 Å². The van der Waals surface area contributed by atoms with E-state index in [-0.39, 0.29) is 12.1 Å². The second kappa shape index (κ2) is 8.08. The van der Waals surface area contributed by atoms with Crippen molar-refractivity contribution in [2.45, 2.75) is 19.7 Å². The van der Waals surface area contributed by atoms with Crippen LogP contribution in [0.4, 0.5) is 5.69 Å². The molecule has 30 heavy (non-hydrogen) atoms. The van der Waals surface area contributed by atoms with Crippen LogP contribution in [0.1, 0.15) is 12.5 Å². The Labute approximate surface area is 175 Å². The van der Waals surface area contributed by atoms with Crippen LogP contribution in [0.25, 0.3) is 11.0 Å². The SMILES string of the molecule is CCOC1C(Cn2nnc3ccccc32)C(c2ccccc2)=NN1c1ccccc1. The molecule has 0 saturated carbocycles. The zero-order valence-corrected chi connectivity index (χ0v) is 16.8. The number of fused-ring (bicyclic) bond motifs is 1. The van der Waals surface area contributed by atoms with Crippen LogP contribution in [0.5, 0.6) is 0 Å². The van der Waals surface area contributed by atoms with Crippen LogP contribution in [-0.2, 0) is 11.3 Å². The first-order valence-electron chi connectivity index (χ1n) is 10.2. The summed E-state index contributed by atoms with van der Waals surface area (Å²) in [6.45, 7) is 3.24. The highest BCUT2D eigenvalue weighted by molar-refractivity contribution is 6.04. The molecule has 2 unspecified atom stereocenters. The Morgan fingerprint density at radius 3 is 2.33 bits per heavy atom. The van der Waals surface area contributed by atoms with Gasteiger partial charge in [-0.05, 0) is 36.8 Å². The fraction of sp³-hybridized carbons (Fsp3) is 0.208. The molecular weight excluding hydrogens is 374 g/mol. The molecule has 1 aromatic heterocycles. The lowest BCUT2D eigenvalue weighted by Crippen LogP contribution is -2.38. The van der Waals surface area contributed by atoms with E-state index in [1.165, 1.54) is 0 Å². The second-order valence-electron chi connectivity index (χ2n) is 7.24. The van der Waals surface area contributed by atoms with Gasteiger partial charge in [-0.2, -0.15) is 5.10 Å². The van der Waals surface area contributed by atoms with Crippen LogP contribution >= 0.6 is 0 Å². The summed E-state index contributed by atoms with van der Waals surface area (Å²) >= 11 is 0. The predicted molar refractivity (Wildman–Crippen MR) is 118 cm³/mol. The number of benzene rings is 3. The van der Waals surface area contributed by atoms with E-state index < -0.39 is 0 Å². The van der Waals surface area contributed by atoms with Crippen LogP contribution in [0, 0.1) is 5.92 Å². The van der Waals surface area contributed by atoms with E-state index in [1.54, 1.807) is 0 Å². The van der Waals surface area contributed by atoms with Crippen molar-refractivity contribution in [2.75, 3.05) is 11.6 Å². The van der Waals surface area contributed by atoms with Gasteiger partial charge in [-0.25, -0.2) is 9.69 Å². The molecule has 2 atom stereocenters. The Morgan fingerprint density at radius 1 is 0.867 bits per heavy atom. The number of nitrogens with zero attached hydrogens (tertiary/aromatic N) is 5. The van der Waals surface area contributed by atoms with E-state index in [2.05, 4.69) is 34.6 Å². The van der Waals surface area contributed by atoms with Crippen molar-refractivity contribution < 1.29 is 4.74 Å². The normalized spacial score (nSPS) is 18.7. The Kier molecular flexibility index (Phi) is 4.99. The van der Waals surface area contributed by atoms with Gasteiger partial charge in [0.1, 0.15) is 5.52 Å². The van der Waals surface area contributed by atoms with Crippen molar-refractivity contribution in [1.29, 1.82) is 0 Å². The second-order valence-corrected chi connectivity index (χ2v) is 7.24. The van der Waals surface area contributed by atoms with E-state index in [9.17, 15) is 0 Å². The minimum atomic E-state index is -0.226. The average Bonchev–Trinajstić information content (AvgIpc) is 3.38. The summed E-state index contributed by atoms with van der Waals surface area (Å²) in [5, 5.41) is 15.8. The van der Waals surface area contributed by atoms with E-state index in [4.69, 9.17) is 9.84 Å². The largest absolute Gasteiger partial charge is 0.356 e. The monoisotopic (exact) mass is 397 g/mol. The first-order valence-corrected chi connectivity index (χ1v) is 10.2. The first kappa shape index (κ1) is 18.5. The summed E-state index contributed by atoms with van der Waals surface area (Å²) in [5.74, 6) is -0.00216. The predicted octanol–water partition coefficient (Wildman–Crippen LogP) is 4.33. The molecule has 5 rings (SSSR count). The van der Waals surface area contributed by atoms with Crippen LogP contribution in [0.3, 0.4) is 0 Å². The molecule has 150 valence electrons. The van der Waals surface area contributed by atoms with E-state index in [0.29, 0.717) is 13.2 Å². The lowest BCUT2D eigenvalue weighted by atomic mass is 9.95. The van der Waals surface area contributed by atoms with E-state index >= 15 is 0 Å². The third kappa shape index (κ3) is 3.35. The number of hydrogen-bond acceptors (Lipinski definition) is 5. The fourth-order valence-electron chi connectivity index (χ4n) is 3.99. The highest BCUT2D eigenvalue weighted by Gasteiger charge is 2.40. The number of rotatable bonds is 6. The van der Waals surface area contributed by atoms with Gasteiger partial charge >= 0.3 is 0 Å². The summed E-state index contributed by atoms with van der Waals surface area (Å²) in [5.41, 5.74) is 5.00. The molecule has 1 aliphatic rings. The van der Waals surface area contributed by atoms with E-state index in [0.717, 1.165) is 28.0 Å². The van der Waals surface area contributed by atoms with Gasteiger partial charge in [-0.3, -0.25) is 0 Å².